The van der Waals surface area contributed by atoms with Gasteiger partial charge in [0.15, 0.2) is 6.10 Å². The highest BCUT2D eigenvalue weighted by Gasteiger charge is 2.19. The van der Waals surface area contributed by atoms with Crippen molar-refractivity contribution in [1.29, 1.82) is 0 Å². The fourth-order valence-electron chi connectivity index (χ4n) is 9.97. The second-order valence-corrected chi connectivity index (χ2v) is 22.4. The molecule has 0 bridgehead atoms. The average molecular weight is 1030 g/mol. The lowest BCUT2D eigenvalue weighted by molar-refractivity contribution is -0.167. The molecule has 0 fully saturated rings. The lowest BCUT2D eigenvalue weighted by Crippen LogP contribution is -2.30. The summed E-state index contributed by atoms with van der Waals surface area (Å²) in [4.78, 5) is 38.3. The Morgan fingerprint density at radius 1 is 0.260 bits per heavy atom. The molecule has 0 aliphatic carbocycles. The highest BCUT2D eigenvalue weighted by Crippen LogP contribution is 2.18. The fraction of sp³-hybridized carbons (Fsp3) is 0.896. The van der Waals surface area contributed by atoms with Crippen LogP contribution in [0.25, 0.3) is 0 Å². The van der Waals surface area contributed by atoms with Crippen LogP contribution in [-0.4, -0.2) is 37.2 Å². The van der Waals surface area contributed by atoms with Crippen LogP contribution in [-0.2, 0) is 28.6 Å². The summed E-state index contributed by atoms with van der Waals surface area (Å²) in [6.07, 6.45) is 74.8. The molecule has 0 aromatic heterocycles. The zero-order valence-electron chi connectivity index (χ0n) is 49.4. The summed E-state index contributed by atoms with van der Waals surface area (Å²) < 4.78 is 16.9. The van der Waals surface area contributed by atoms with Gasteiger partial charge < -0.3 is 14.2 Å². The maximum absolute atomic E-state index is 12.9. The van der Waals surface area contributed by atoms with E-state index in [0.717, 1.165) is 64.2 Å². The summed E-state index contributed by atoms with van der Waals surface area (Å²) in [6, 6.07) is 0. The Labute approximate surface area is 455 Å². The minimum absolute atomic E-state index is 0.0686. The first-order valence-electron chi connectivity index (χ1n) is 32.8. The molecule has 0 saturated heterocycles. The predicted molar refractivity (Wildman–Crippen MR) is 316 cm³/mol. The summed E-state index contributed by atoms with van der Waals surface area (Å²) in [5.74, 6) is -0.851. The molecule has 0 aliphatic heterocycles. The van der Waals surface area contributed by atoms with Crippen LogP contribution in [0.3, 0.4) is 0 Å². The van der Waals surface area contributed by atoms with Crippen LogP contribution in [0, 0.1) is 0 Å². The molecular weight excluding hydrogens is 901 g/mol. The highest BCUT2D eigenvalue weighted by atomic mass is 16.6. The Kier molecular flexibility index (Phi) is 60.6. The molecule has 0 aromatic carbocycles. The molecule has 0 saturated carbocycles. The number of unbranched alkanes of at least 4 members (excludes halogenated alkanes) is 46. The van der Waals surface area contributed by atoms with Crippen LogP contribution in [0.2, 0.25) is 0 Å². The molecule has 6 heteroatoms. The highest BCUT2D eigenvalue weighted by molar-refractivity contribution is 5.71. The minimum Gasteiger partial charge on any atom is -0.462 e. The molecule has 1 atom stereocenters. The van der Waals surface area contributed by atoms with Crippen molar-refractivity contribution >= 4 is 17.9 Å². The van der Waals surface area contributed by atoms with E-state index in [2.05, 4.69) is 45.1 Å². The van der Waals surface area contributed by atoms with E-state index in [1.807, 2.05) is 0 Å². The molecule has 0 heterocycles. The quantitative estimate of drug-likeness (QED) is 0.0261. The van der Waals surface area contributed by atoms with Crippen molar-refractivity contribution in [2.24, 2.45) is 0 Å². The predicted octanol–water partition coefficient (Wildman–Crippen LogP) is 22.2. The second kappa shape index (κ2) is 62.4. The molecule has 0 radical (unpaired) electrons. The van der Waals surface area contributed by atoms with E-state index in [0.29, 0.717) is 19.3 Å². The second-order valence-electron chi connectivity index (χ2n) is 22.4. The van der Waals surface area contributed by atoms with Crippen LogP contribution < -0.4 is 0 Å². The summed E-state index contributed by atoms with van der Waals surface area (Å²) in [5.41, 5.74) is 0. The summed E-state index contributed by atoms with van der Waals surface area (Å²) >= 11 is 0. The number of rotatable bonds is 61. The molecule has 0 aromatic rings. The number of hydrogen-bond donors (Lipinski definition) is 0. The Bertz CT molecular complexity index is 1180. The van der Waals surface area contributed by atoms with Crippen LogP contribution >= 0.6 is 0 Å². The smallest absolute Gasteiger partial charge is 0.306 e. The first-order chi connectivity index (χ1) is 36.0. The topological polar surface area (TPSA) is 78.9 Å². The van der Waals surface area contributed by atoms with Gasteiger partial charge in [-0.1, -0.05) is 302 Å². The van der Waals surface area contributed by atoms with Gasteiger partial charge in [-0.3, -0.25) is 14.4 Å². The van der Waals surface area contributed by atoms with Crippen LogP contribution in [0.4, 0.5) is 0 Å². The van der Waals surface area contributed by atoms with Gasteiger partial charge in [-0.05, 0) is 70.6 Å². The summed E-state index contributed by atoms with van der Waals surface area (Å²) in [6.45, 7) is 6.68. The van der Waals surface area contributed by atoms with E-state index < -0.39 is 6.10 Å². The van der Waals surface area contributed by atoms with E-state index in [-0.39, 0.29) is 31.1 Å². The Morgan fingerprint density at radius 3 is 0.699 bits per heavy atom. The van der Waals surface area contributed by atoms with Gasteiger partial charge in [0.1, 0.15) is 13.2 Å². The van der Waals surface area contributed by atoms with Crippen LogP contribution in [0.1, 0.15) is 367 Å². The molecule has 0 spiro atoms. The van der Waals surface area contributed by atoms with Crippen molar-refractivity contribution < 1.29 is 28.6 Å². The van der Waals surface area contributed by atoms with Crippen molar-refractivity contribution in [1.82, 2.24) is 0 Å². The van der Waals surface area contributed by atoms with E-state index >= 15 is 0 Å². The van der Waals surface area contributed by atoms with Gasteiger partial charge in [0.25, 0.3) is 0 Å². The molecule has 430 valence electrons. The van der Waals surface area contributed by atoms with Gasteiger partial charge in [-0.25, -0.2) is 0 Å². The Hall–Kier alpha value is -2.11. The first kappa shape index (κ1) is 70.9. The molecular formula is C67H126O6. The molecule has 1 unspecified atom stereocenters. The number of allylic oxidation sites excluding steroid dienone is 4. The molecule has 6 nitrogen and oxygen atoms in total. The SMILES string of the molecule is CCCCCC/C=C\CCCCCCCC(=O)OCC(COC(=O)CCCCCCCCCCCCCCC/C=C\CCCCCCCCCC)OC(=O)CCCCCCCCCCCCCCCCCCC. The molecule has 0 aliphatic rings. The monoisotopic (exact) mass is 1030 g/mol. The van der Waals surface area contributed by atoms with E-state index in [1.54, 1.807) is 0 Å². The Morgan fingerprint density at radius 2 is 0.452 bits per heavy atom. The molecule has 0 amide bonds. The average Bonchev–Trinajstić information content (AvgIpc) is 3.39. The third kappa shape index (κ3) is 60.6. The maximum atomic E-state index is 12.9. The zero-order chi connectivity index (χ0) is 52.9. The zero-order valence-corrected chi connectivity index (χ0v) is 49.4. The standard InChI is InChI=1S/C67H126O6/c1-4-7-10-13-16-19-22-25-27-29-30-31-32-33-34-35-36-38-39-42-45-48-51-54-57-60-66(69)72-63-64(62-71-65(68)59-56-53-50-47-44-41-24-21-18-15-12-9-6-3)73-67(70)61-58-55-52-49-46-43-40-37-28-26-23-20-17-14-11-8-5-2/h21,24,29-30,64H,4-20,22-23,25-28,31-63H2,1-3H3/b24-21-,30-29-. The first-order valence-corrected chi connectivity index (χ1v) is 32.8. The van der Waals surface area contributed by atoms with Crippen LogP contribution in [0.15, 0.2) is 24.3 Å². The fourth-order valence-corrected chi connectivity index (χ4v) is 9.97. The van der Waals surface area contributed by atoms with Crippen molar-refractivity contribution in [2.75, 3.05) is 13.2 Å². The lowest BCUT2D eigenvalue weighted by atomic mass is 10.0. The summed E-state index contributed by atoms with van der Waals surface area (Å²) in [5, 5.41) is 0. The van der Waals surface area contributed by atoms with Crippen molar-refractivity contribution in [3.05, 3.63) is 24.3 Å². The van der Waals surface area contributed by atoms with Gasteiger partial charge in [0.05, 0.1) is 0 Å². The van der Waals surface area contributed by atoms with Gasteiger partial charge in [-0.2, -0.15) is 0 Å². The number of ether oxygens (including phenoxy) is 3. The third-order valence-corrected chi connectivity index (χ3v) is 14.9. The summed E-state index contributed by atoms with van der Waals surface area (Å²) in [7, 11) is 0. The maximum Gasteiger partial charge on any atom is 0.306 e. The molecule has 73 heavy (non-hydrogen) atoms. The van der Waals surface area contributed by atoms with Gasteiger partial charge >= 0.3 is 17.9 Å². The van der Waals surface area contributed by atoms with E-state index in [4.69, 9.17) is 14.2 Å². The van der Waals surface area contributed by atoms with Crippen molar-refractivity contribution in [3.8, 4) is 0 Å². The molecule has 0 N–H and O–H groups in total. The molecule has 0 rings (SSSR count). The van der Waals surface area contributed by atoms with Crippen molar-refractivity contribution in [3.63, 3.8) is 0 Å². The van der Waals surface area contributed by atoms with Gasteiger partial charge in [0, 0.05) is 19.3 Å². The van der Waals surface area contributed by atoms with E-state index in [1.165, 1.54) is 263 Å². The minimum atomic E-state index is -0.771. The van der Waals surface area contributed by atoms with Crippen molar-refractivity contribution in [2.45, 2.75) is 374 Å². The Balaban J connectivity index is 4.23. The lowest BCUT2D eigenvalue weighted by Gasteiger charge is -2.18. The van der Waals surface area contributed by atoms with Gasteiger partial charge in [-0.15, -0.1) is 0 Å². The largest absolute Gasteiger partial charge is 0.462 e. The van der Waals surface area contributed by atoms with Crippen LogP contribution in [0.5, 0.6) is 0 Å². The number of hydrogen-bond acceptors (Lipinski definition) is 6. The normalized spacial score (nSPS) is 12.1. The number of esters is 3. The number of carbonyl (C=O) groups excluding carboxylic acids is 3. The van der Waals surface area contributed by atoms with E-state index in [9.17, 15) is 14.4 Å². The third-order valence-electron chi connectivity index (χ3n) is 14.9. The van der Waals surface area contributed by atoms with Gasteiger partial charge in [0.2, 0.25) is 0 Å². The number of carbonyl (C=O) groups is 3.